The Morgan fingerprint density at radius 2 is 1.74 bits per heavy atom. The predicted molar refractivity (Wildman–Crippen MR) is 120 cm³/mol. The molecule has 0 saturated carbocycles. The van der Waals surface area contributed by atoms with E-state index in [1.165, 1.54) is 5.56 Å². The molecule has 166 valence electrons. The van der Waals surface area contributed by atoms with E-state index in [0.29, 0.717) is 26.1 Å². The first-order chi connectivity index (χ1) is 15.1. The van der Waals surface area contributed by atoms with Gasteiger partial charge in [0.25, 0.3) is 0 Å². The Bertz CT molecular complexity index is 838. The summed E-state index contributed by atoms with van der Waals surface area (Å²) in [5, 5.41) is 9.17. The van der Waals surface area contributed by atoms with Crippen molar-refractivity contribution in [2.45, 2.75) is 44.6 Å². The van der Waals surface area contributed by atoms with E-state index in [4.69, 9.17) is 10.5 Å². The Hall–Kier alpha value is -2.86. The third-order valence-corrected chi connectivity index (χ3v) is 5.82. The second-order valence-corrected chi connectivity index (χ2v) is 8.15. The average molecular weight is 425 g/mol. The highest BCUT2D eigenvalue weighted by Gasteiger charge is 2.40. The number of aryl methyl sites for hydroxylation is 1. The summed E-state index contributed by atoms with van der Waals surface area (Å²) in [6.45, 7) is 1.64. The minimum Gasteiger partial charge on any atom is -0.491 e. The summed E-state index contributed by atoms with van der Waals surface area (Å²) in [6, 6.07) is 17.9. The van der Waals surface area contributed by atoms with Crippen LogP contribution in [0.4, 0.5) is 0 Å². The van der Waals surface area contributed by atoms with Crippen molar-refractivity contribution >= 4 is 11.9 Å². The van der Waals surface area contributed by atoms with Gasteiger partial charge in [-0.15, -0.1) is 0 Å². The third kappa shape index (κ3) is 6.82. The number of likely N-dealkylation sites (tertiary alicyclic amines) is 1. The van der Waals surface area contributed by atoms with Crippen LogP contribution in [0.15, 0.2) is 54.6 Å². The lowest BCUT2D eigenvalue weighted by molar-refractivity contribution is -0.142. The molecule has 1 saturated heterocycles. The van der Waals surface area contributed by atoms with Gasteiger partial charge in [-0.25, -0.2) is 0 Å². The molecule has 0 aromatic heterocycles. The molecule has 3 rings (SSSR count). The van der Waals surface area contributed by atoms with Crippen molar-refractivity contribution in [2.75, 3.05) is 19.7 Å². The Kier molecular flexibility index (Phi) is 8.47. The first-order valence-electron chi connectivity index (χ1n) is 11.0. The first kappa shape index (κ1) is 22.8. The highest BCUT2D eigenvalue weighted by Crippen LogP contribution is 2.28. The zero-order chi connectivity index (χ0) is 22.1. The van der Waals surface area contributed by atoms with E-state index in [9.17, 15) is 14.7 Å². The maximum atomic E-state index is 12.9. The molecule has 1 fully saturated rings. The van der Waals surface area contributed by atoms with Gasteiger partial charge in [0.2, 0.25) is 5.91 Å². The molecule has 1 amide bonds. The van der Waals surface area contributed by atoms with Crippen LogP contribution in [0.5, 0.6) is 5.75 Å². The van der Waals surface area contributed by atoms with Crippen LogP contribution < -0.4 is 10.5 Å². The number of rotatable bonds is 12. The van der Waals surface area contributed by atoms with E-state index < -0.39 is 11.9 Å². The number of unbranched alkanes of at least 4 members (excludes halogenated alkanes) is 1. The number of aliphatic carboxylic acids is 1. The quantitative estimate of drug-likeness (QED) is 0.510. The summed E-state index contributed by atoms with van der Waals surface area (Å²) in [6.07, 6.45) is 4.21. The van der Waals surface area contributed by atoms with Gasteiger partial charge in [0.05, 0.1) is 18.4 Å². The number of hydrogen-bond donors (Lipinski definition) is 2. The smallest absolute Gasteiger partial charge is 0.304 e. The number of carbonyl (C=O) groups is 2. The van der Waals surface area contributed by atoms with Crippen molar-refractivity contribution < 1.29 is 19.4 Å². The van der Waals surface area contributed by atoms with Crippen LogP contribution >= 0.6 is 0 Å². The van der Waals surface area contributed by atoms with E-state index in [0.717, 1.165) is 37.0 Å². The van der Waals surface area contributed by atoms with Crippen LogP contribution in [0, 0.1) is 5.92 Å². The molecule has 31 heavy (non-hydrogen) atoms. The van der Waals surface area contributed by atoms with Crippen molar-refractivity contribution in [1.29, 1.82) is 0 Å². The number of carboxylic acids is 1. The molecular weight excluding hydrogens is 392 g/mol. The molecule has 1 heterocycles. The second kappa shape index (κ2) is 11.5. The first-order valence-corrected chi connectivity index (χ1v) is 11.0. The second-order valence-electron chi connectivity index (χ2n) is 8.15. The molecule has 1 aliphatic heterocycles. The summed E-state index contributed by atoms with van der Waals surface area (Å²) in [4.78, 5) is 25.8. The number of benzene rings is 2. The van der Waals surface area contributed by atoms with Gasteiger partial charge in [-0.3, -0.25) is 9.59 Å². The largest absolute Gasteiger partial charge is 0.491 e. The van der Waals surface area contributed by atoms with E-state index in [1.807, 2.05) is 47.4 Å². The predicted octanol–water partition coefficient (Wildman–Crippen LogP) is 3.28. The van der Waals surface area contributed by atoms with Crippen molar-refractivity contribution in [3.8, 4) is 5.75 Å². The minimum absolute atomic E-state index is 0.0813. The van der Waals surface area contributed by atoms with E-state index >= 15 is 0 Å². The Morgan fingerprint density at radius 3 is 2.42 bits per heavy atom. The molecular formula is C25H32N2O4. The van der Waals surface area contributed by atoms with Gasteiger partial charge >= 0.3 is 5.97 Å². The van der Waals surface area contributed by atoms with Crippen molar-refractivity contribution in [3.63, 3.8) is 0 Å². The summed E-state index contributed by atoms with van der Waals surface area (Å²) in [5.74, 6) is -0.734. The average Bonchev–Trinajstić information content (AvgIpc) is 3.06. The Morgan fingerprint density at radius 1 is 1.03 bits per heavy atom. The summed E-state index contributed by atoms with van der Waals surface area (Å²) >= 11 is 0. The van der Waals surface area contributed by atoms with Crippen molar-refractivity contribution in [1.82, 2.24) is 4.90 Å². The number of carboxylic acid groups (broad SMARTS) is 1. The topological polar surface area (TPSA) is 92.9 Å². The molecule has 6 heteroatoms. The molecule has 1 aliphatic rings. The van der Waals surface area contributed by atoms with Gasteiger partial charge in [-0.05, 0) is 61.9 Å². The van der Waals surface area contributed by atoms with E-state index in [2.05, 4.69) is 12.1 Å². The number of carbonyl (C=O) groups excluding carboxylic acids is 1. The number of amides is 1. The van der Waals surface area contributed by atoms with Gasteiger partial charge in [0.1, 0.15) is 12.4 Å². The molecule has 0 unspecified atom stereocenters. The summed E-state index contributed by atoms with van der Waals surface area (Å²) < 4.78 is 5.99. The maximum Gasteiger partial charge on any atom is 0.304 e. The fourth-order valence-electron chi connectivity index (χ4n) is 4.12. The van der Waals surface area contributed by atoms with Gasteiger partial charge < -0.3 is 20.5 Å². The highest BCUT2D eigenvalue weighted by molar-refractivity contribution is 5.85. The van der Waals surface area contributed by atoms with Crippen LogP contribution in [0.1, 0.15) is 36.8 Å². The summed E-state index contributed by atoms with van der Waals surface area (Å²) in [7, 11) is 0. The van der Waals surface area contributed by atoms with Gasteiger partial charge in [0.15, 0.2) is 0 Å². The lowest BCUT2D eigenvalue weighted by Crippen LogP contribution is -2.39. The van der Waals surface area contributed by atoms with E-state index in [1.54, 1.807) is 0 Å². The van der Waals surface area contributed by atoms with Gasteiger partial charge in [-0.2, -0.15) is 0 Å². The standard InChI is InChI=1S/C25H32N2O4/c26-14-5-4-8-20-9-11-23(12-10-20)31-18-22-16-21(17-24(28)29)25(30)27(22)15-13-19-6-2-1-3-7-19/h1-3,6-7,9-12,21-22H,4-5,8,13-18,26H2,(H,28,29)/t21-,22-/m0/s1. The zero-order valence-corrected chi connectivity index (χ0v) is 17.9. The minimum atomic E-state index is -0.937. The van der Waals surface area contributed by atoms with Gasteiger partial charge in [-0.1, -0.05) is 42.5 Å². The van der Waals surface area contributed by atoms with Crippen molar-refractivity contribution in [3.05, 3.63) is 65.7 Å². The zero-order valence-electron chi connectivity index (χ0n) is 17.9. The maximum absolute atomic E-state index is 12.9. The fraction of sp³-hybridized carbons (Fsp3) is 0.440. The number of ether oxygens (including phenoxy) is 1. The molecule has 0 spiro atoms. The number of nitrogens with zero attached hydrogens (tertiary/aromatic N) is 1. The highest BCUT2D eigenvalue weighted by atomic mass is 16.5. The molecule has 6 nitrogen and oxygen atoms in total. The lowest BCUT2D eigenvalue weighted by Gasteiger charge is -2.25. The molecule has 3 N–H and O–H groups in total. The number of nitrogens with two attached hydrogens (primary N) is 1. The monoisotopic (exact) mass is 424 g/mol. The van der Waals surface area contributed by atoms with Crippen molar-refractivity contribution in [2.24, 2.45) is 11.7 Å². The lowest BCUT2D eigenvalue weighted by atomic mass is 10.0. The third-order valence-electron chi connectivity index (χ3n) is 5.82. The van der Waals surface area contributed by atoms with Crippen LogP contribution in [0.25, 0.3) is 0 Å². The molecule has 0 bridgehead atoms. The molecule has 0 radical (unpaired) electrons. The molecule has 2 atom stereocenters. The summed E-state index contributed by atoms with van der Waals surface area (Å²) in [5.41, 5.74) is 7.95. The fourth-order valence-corrected chi connectivity index (χ4v) is 4.12. The van der Waals surface area contributed by atoms with Gasteiger partial charge in [0, 0.05) is 6.54 Å². The molecule has 0 aliphatic carbocycles. The Balaban J connectivity index is 1.59. The van der Waals surface area contributed by atoms with E-state index in [-0.39, 0.29) is 18.4 Å². The van der Waals surface area contributed by atoms with Crippen LogP contribution in [0.2, 0.25) is 0 Å². The normalized spacial score (nSPS) is 18.4. The molecule has 2 aromatic rings. The number of hydrogen-bond acceptors (Lipinski definition) is 4. The SMILES string of the molecule is NCCCCc1ccc(OC[C@@H]2C[C@@H](CC(=O)O)C(=O)N2CCc2ccccc2)cc1. The van der Waals surface area contributed by atoms with Crippen LogP contribution in [-0.2, 0) is 22.4 Å². The van der Waals surface area contributed by atoms with Crippen LogP contribution in [-0.4, -0.2) is 47.6 Å². The molecule has 2 aromatic carbocycles. The Labute approximate surface area is 184 Å². The van der Waals surface area contributed by atoms with Crippen LogP contribution in [0.3, 0.4) is 0 Å².